The Morgan fingerprint density at radius 1 is 1.29 bits per heavy atom. The minimum absolute atomic E-state index is 0.288. The lowest BCUT2D eigenvalue weighted by Gasteiger charge is -2.20. The van der Waals surface area contributed by atoms with E-state index in [0.717, 1.165) is 0 Å². The van der Waals surface area contributed by atoms with Crippen molar-refractivity contribution in [3.8, 4) is 0 Å². The number of aliphatic hydroxyl groups excluding tert-OH is 1. The molecule has 0 spiro atoms. The third-order valence-corrected chi connectivity index (χ3v) is 1.23. The first-order valence-electron chi connectivity index (χ1n) is 4.32. The van der Waals surface area contributed by atoms with Crippen molar-refractivity contribution < 1.29 is 24.5 Å². The lowest BCUT2D eigenvalue weighted by Crippen LogP contribution is -2.27. The Kier molecular flexibility index (Phi) is 4.56. The molecule has 2 N–H and O–H groups in total. The molecule has 0 aliphatic heterocycles. The maximum Gasteiger partial charge on any atom is 0.308 e. The van der Waals surface area contributed by atoms with Gasteiger partial charge in [-0.2, -0.15) is 0 Å². The van der Waals surface area contributed by atoms with E-state index in [1.807, 2.05) is 0 Å². The molecular weight excluding hydrogens is 188 g/mol. The van der Waals surface area contributed by atoms with Gasteiger partial charge in [0, 0.05) is 0 Å². The number of hydrogen-bond donors (Lipinski definition) is 2. The van der Waals surface area contributed by atoms with Crippen molar-refractivity contribution in [2.75, 3.05) is 0 Å². The molecule has 5 heteroatoms. The summed E-state index contributed by atoms with van der Waals surface area (Å²) in [5.41, 5.74) is -0.611. The number of ether oxygens (including phenoxy) is 1. The molecule has 0 aromatic carbocycles. The largest absolute Gasteiger partial charge is 0.481 e. The average molecular weight is 204 g/mol. The second-order valence-corrected chi connectivity index (χ2v) is 4.04. The Balaban J connectivity index is 3.89. The van der Waals surface area contributed by atoms with Gasteiger partial charge in [0.25, 0.3) is 0 Å². The van der Waals surface area contributed by atoms with Crippen LogP contribution < -0.4 is 0 Å². The quantitative estimate of drug-likeness (QED) is 0.653. The molecule has 1 atom stereocenters. The molecule has 0 aromatic heterocycles. The third-order valence-electron chi connectivity index (χ3n) is 1.23. The maximum atomic E-state index is 11.1. The number of rotatable bonds is 4. The van der Waals surface area contributed by atoms with Crippen molar-refractivity contribution >= 4 is 11.9 Å². The van der Waals surface area contributed by atoms with Crippen LogP contribution in [0.1, 0.15) is 33.6 Å². The van der Waals surface area contributed by atoms with Crippen molar-refractivity contribution in [1.29, 1.82) is 0 Å². The predicted octanol–water partition coefficient (Wildman–Crippen LogP) is 0.554. The molecule has 0 aliphatic carbocycles. The summed E-state index contributed by atoms with van der Waals surface area (Å²) in [6.07, 6.45) is -1.91. The van der Waals surface area contributed by atoms with Crippen LogP contribution in [0.4, 0.5) is 0 Å². The second kappa shape index (κ2) is 4.95. The molecule has 0 amide bonds. The van der Waals surface area contributed by atoms with Gasteiger partial charge in [-0.15, -0.1) is 0 Å². The van der Waals surface area contributed by atoms with Gasteiger partial charge < -0.3 is 14.9 Å². The Hall–Kier alpha value is -1.10. The van der Waals surface area contributed by atoms with E-state index < -0.39 is 30.1 Å². The average Bonchev–Trinajstić information content (AvgIpc) is 1.77. The second-order valence-electron chi connectivity index (χ2n) is 4.04. The fourth-order valence-electron chi connectivity index (χ4n) is 0.849. The molecule has 5 nitrogen and oxygen atoms in total. The van der Waals surface area contributed by atoms with Gasteiger partial charge in [0.2, 0.25) is 0 Å². The molecule has 0 heterocycles. The van der Waals surface area contributed by atoms with Crippen LogP contribution in [0.15, 0.2) is 0 Å². The zero-order valence-electron chi connectivity index (χ0n) is 8.61. The topological polar surface area (TPSA) is 83.8 Å². The molecule has 14 heavy (non-hydrogen) atoms. The van der Waals surface area contributed by atoms with E-state index >= 15 is 0 Å². The van der Waals surface area contributed by atoms with Crippen LogP contribution in [-0.2, 0) is 14.3 Å². The standard InChI is InChI=1S/C9H16O5/c1-9(2,3)14-8(13)5-6(10)4-7(11)12/h6,10H,4-5H2,1-3H3,(H,11,12)/t6-/m1/s1. The minimum Gasteiger partial charge on any atom is -0.481 e. The lowest BCUT2D eigenvalue weighted by molar-refractivity contribution is -0.157. The van der Waals surface area contributed by atoms with Crippen LogP contribution >= 0.6 is 0 Å². The molecule has 0 saturated carbocycles. The summed E-state index contributed by atoms with van der Waals surface area (Å²) in [5.74, 6) is -1.73. The smallest absolute Gasteiger partial charge is 0.308 e. The highest BCUT2D eigenvalue weighted by atomic mass is 16.6. The molecule has 0 aliphatic rings. The molecule has 0 rings (SSSR count). The van der Waals surface area contributed by atoms with Crippen molar-refractivity contribution in [2.45, 2.75) is 45.3 Å². The molecule has 82 valence electrons. The molecule has 0 aromatic rings. The molecular formula is C9H16O5. The van der Waals surface area contributed by atoms with Crippen LogP contribution in [0.2, 0.25) is 0 Å². The van der Waals surface area contributed by atoms with Crippen LogP contribution in [0, 0.1) is 0 Å². The maximum absolute atomic E-state index is 11.1. The Labute approximate surface area is 82.7 Å². The minimum atomic E-state index is -1.18. The number of carboxylic acids is 1. The first-order chi connectivity index (χ1) is 6.20. The van der Waals surface area contributed by atoms with Crippen molar-refractivity contribution in [1.82, 2.24) is 0 Å². The third kappa shape index (κ3) is 7.54. The van der Waals surface area contributed by atoms with E-state index in [-0.39, 0.29) is 6.42 Å². The number of hydrogen-bond acceptors (Lipinski definition) is 4. The van der Waals surface area contributed by atoms with Crippen molar-refractivity contribution in [3.63, 3.8) is 0 Å². The number of carboxylic acid groups (broad SMARTS) is 1. The van der Waals surface area contributed by atoms with E-state index in [1.54, 1.807) is 20.8 Å². The van der Waals surface area contributed by atoms with Gasteiger partial charge in [0.15, 0.2) is 0 Å². The zero-order chi connectivity index (χ0) is 11.4. The highest BCUT2D eigenvalue weighted by Gasteiger charge is 2.20. The van der Waals surface area contributed by atoms with E-state index in [2.05, 4.69) is 0 Å². The summed E-state index contributed by atoms with van der Waals surface area (Å²) >= 11 is 0. The van der Waals surface area contributed by atoms with Crippen LogP contribution in [0.5, 0.6) is 0 Å². The van der Waals surface area contributed by atoms with Gasteiger partial charge in [-0.3, -0.25) is 9.59 Å². The predicted molar refractivity (Wildman–Crippen MR) is 48.7 cm³/mol. The summed E-state index contributed by atoms with van der Waals surface area (Å²) in [6, 6.07) is 0. The fraction of sp³-hybridized carbons (Fsp3) is 0.778. The monoisotopic (exact) mass is 204 g/mol. The number of aliphatic carboxylic acids is 1. The Morgan fingerprint density at radius 3 is 2.14 bits per heavy atom. The Bertz CT molecular complexity index is 216. The summed E-state index contributed by atoms with van der Waals surface area (Å²) in [4.78, 5) is 21.2. The van der Waals surface area contributed by atoms with Gasteiger partial charge in [0.05, 0.1) is 18.9 Å². The van der Waals surface area contributed by atoms with Gasteiger partial charge in [0.1, 0.15) is 5.60 Å². The van der Waals surface area contributed by atoms with Gasteiger partial charge in [-0.05, 0) is 20.8 Å². The SMILES string of the molecule is CC(C)(C)OC(=O)C[C@H](O)CC(=O)O. The van der Waals surface area contributed by atoms with Crippen LogP contribution in [0.25, 0.3) is 0 Å². The summed E-state index contributed by atoms with van der Waals surface area (Å²) < 4.78 is 4.90. The van der Waals surface area contributed by atoms with Crippen molar-refractivity contribution in [2.24, 2.45) is 0 Å². The zero-order valence-corrected chi connectivity index (χ0v) is 8.61. The number of aliphatic hydroxyl groups is 1. The first kappa shape index (κ1) is 12.9. The van der Waals surface area contributed by atoms with Crippen LogP contribution in [-0.4, -0.2) is 33.9 Å². The highest BCUT2D eigenvalue weighted by molar-refractivity contribution is 5.72. The van der Waals surface area contributed by atoms with Crippen molar-refractivity contribution in [3.05, 3.63) is 0 Å². The van der Waals surface area contributed by atoms with Gasteiger partial charge in [-0.1, -0.05) is 0 Å². The number of esters is 1. The number of carbonyl (C=O) groups excluding carboxylic acids is 1. The molecule has 0 unspecified atom stereocenters. The van der Waals surface area contributed by atoms with Gasteiger partial charge in [-0.25, -0.2) is 0 Å². The van der Waals surface area contributed by atoms with E-state index in [0.29, 0.717) is 0 Å². The molecule has 0 saturated heterocycles. The molecule has 0 bridgehead atoms. The summed E-state index contributed by atoms with van der Waals surface area (Å²) in [6.45, 7) is 5.11. The van der Waals surface area contributed by atoms with Gasteiger partial charge >= 0.3 is 11.9 Å². The fourth-order valence-corrected chi connectivity index (χ4v) is 0.849. The Morgan fingerprint density at radius 2 is 1.79 bits per heavy atom. The van der Waals surface area contributed by atoms with E-state index in [9.17, 15) is 9.59 Å². The van der Waals surface area contributed by atoms with E-state index in [1.165, 1.54) is 0 Å². The lowest BCUT2D eigenvalue weighted by atomic mass is 10.1. The van der Waals surface area contributed by atoms with Crippen LogP contribution in [0.3, 0.4) is 0 Å². The van der Waals surface area contributed by atoms with E-state index in [4.69, 9.17) is 14.9 Å². The number of carbonyl (C=O) groups is 2. The highest BCUT2D eigenvalue weighted by Crippen LogP contribution is 2.10. The molecule has 0 radical (unpaired) electrons. The molecule has 0 fully saturated rings. The normalized spacial score (nSPS) is 13.4. The summed E-state index contributed by atoms with van der Waals surface area (Å²) in [7, 11) is 0. The first-order valence-corrected chi connectivity index (χ1v) is 4.32. The summed E-state index contributed by atoms with van der Waals surface area (Å²) in [5, 5.41) is 17.4.